The first kappa shape index (κ1) is 14.8. The molecule has 1 atom stereocenters. The minimum absolute atomic E-state index is 0.161. The van der Waals surface area contributed by atoms with Crippen molar-refractivity contribution in [2.24, 2.45) is 0 Å². The van der Waals surface area contributed by atoms with Crippen LogP contribution in [0.1, 0.15) is 12.0 Å². The Morgan fingerprint density at radius 3 is 2.50 bits per heavy atom. The molecule has 1 aliphatic heterocycles. The van der Waals surface area contributed by atoms with E-state index in [4.69, 9.17) is 0 Å². The van der Waals surface area contributed by atoms with Crippen molar-refractivity contribution in [3.63, 3.8) is 0 Å². The molecule has 5 heteroatoms. The van der Waals surface area contributed by atoms with Crippen LogP contribution in [0.2, 0.25) is 0 Å². The van der Waals surface area contributed by atoms with Crippen molar-refractivity contribution in [2.75, 3.05) is 10.2 Å². The Hall–Kier alpha value is -2.14. The van der Waals surface area contributed by atoms with Crippen LogP contribution in [0.4, 0.5) is 11.4 Å². The molecule has 0 saturated carbocycles. The third-order valence-electron chi connectivity index (χ3n) is 3.71. The van der Waals surface area contributed by atoms with Gasteiger partial charge in [0, 0.05) is 10.2 Å². The molecule has 4 nitrogen and oxygen atoms in total. The zero-order valence-electron chi connectivity index (χ0n) is 12.0. The summed E-state index contributed by atoms with van der Waals surface area (Å²) in [6.07, 6.45) is 0.161. The molecule has 0 bridgehead atoms. The van der Waals surface area contributed by atoms with Crippen molar-refractivity contribution in [3.8, 4) is 0 Å². The molecular weight excluding hydrogens is 344 g/mol. The number of benzene rings is 2. The van der Waals surface area contributed by atoms with E-state index in [1.807, 2.05) is 49.4 Å². The van der Waals surface area contributed by atoms with Gasteiger partial charge in [0.15, 0.2) is 0 Å². The van der Waals surface area contributed by atoms with E-state index in [0.717, 1.165) is 15.7 Å². The molecule has 0 aliphatic carbocycles. The lowest BCUT2D eigenvalue weighted by molar-refractivity contribution is -0.121. The van der Waals surface area contributed by atoms with Crippen LogP contribution in [0.5, 0.6) is 0 Å². The molecular formula is C17H15BrN2O2. The quantitative estimate of drug-likeness (QED) is 0.854. The van der Waals surface area contributed by atoms with Crippen molar-refractivity contribution in [1.82, 2.24) is 0 Å². The number of halogens is 1. The minimum Gasteiger partial charge on any atom is -0.373 e. The highest BCUT2D eigenvalue weighted by molar-refractivity contribution is 9.10. The molecule has 1 N–H and O–H groups in total. The lowest BCUT2D eigenvalue weighted by Crippen LogP contribution is -2.35. The van der Waals surface area contributed by atoms with E-state index in [9.17, 15) is 9.59 Å². The summed E-state index contributed by atoms with van der Waals surface area (Å²) in [5.41, 5.74) is 2.51. The van der Waals surface area contributed by atoms with Crippen LogP contribution in [0.25, 0.3) is 0 Å². The van der Waals surface area contributed by atoms with E-state index < -0.39 is 6.04 Å². The fraction of sp³-hybridized carbons (Fsp3) is 0.176. The maximum atomic E-state index is 12.6. The van der Waals surface area contributed by atoms with E-state index in [1.54, 1.807) is 6.07 Å². The molecule has 0 spiro atoms. The molecule has 3 rings (SSSR count). The molecule has 1 aliphatic rings. The van der Waals surface area contributed by atoms with Crippen molar-refractivity contribution in [1.29, 1.82) is 0 Å². The number of rotatable bonds is 3. The zero-order chi connectivity index (χ0) is 15.7. The van der Waals surface area contributed by atoms with Crippen molar-refractivity contribution >= 4 is 39.1 Å². The number of aryl methyl sites for hydroxylation is 1. The van der Waals surface area contributed by atoms with Crippen LogP contribution in [0.3, 0.4) is 0 Å². The number of amides is 2. The number of nitrogens with one attached hydrogen (secondary N) is 1. The Kier molecular flexibility index (Phi) is 3.98. The van der Waals surface area contributed by atoms with Gasteiger partial charge in [-0.3, -0.25) is 9.59 Å². The van der Waals surface area contributed by atoms with Crippen molar-refractivity contribution in [3.05, 3.63) is 58.6 Å². The predicted octanol–water partition coefficient (Wildman–Crippen LogP) is 3.50. The molecule has 112 valence electrons. The number of anilines is 2. The highest BCUT2D eigenvalue weighted by Gasteiger charge is 2.40. The lowest BCUT2D eigenvalue weighted by Gasteiger charge is -2.18. The van der Waals surface area contributed by atoms with Gasteiger partial charge in [0.05, 0.1) is 12.1 Å². The number of hydrogen-bond donors (Lipinski definition) is 1. The Balaban J connectivity index is 1.86. The number of carbonyl (C=O) groups excluding carboxylic acids is 2. The summed E-state index contributed by atoms with van der Waals surface area (Å²) < 4.78 is 0.730. The van der Waals surface area contributed by atoms with Crippen LogP contribution >= 0.6 is 15.9 Å². The van der Waals surface area contributed by atoms with E-state index >= 15 is 0 Å². The second kappa shape index (κ2) is 5.93. The molecule has 2 amide bonds. The van der Waals surface area contributed by atoms with Crippen LogP contribution in [-0.4, -0.2) is 17.9 Å². The summed E-state index contributed by atoms with van der Waals surface area (Å²) in [5, 5.41) is 3.18. The number of para-hydroxylation sites is 2. The zero-order valence-corrected chi connectivity index (χ0v) is 13.6. The maximum Gasteiger partial charge on any atom is 0.256 e. The van der Waals surface area contributed by atoms with Crippen molar-refractivity contribution < 1.29 is 9.59 Å². The van der Waals surface area contributed by atoms with E-state index in [1.165, 1.54) is 4.90 Å². The molecule has 0 radical (unpaired) electrons. The molecule has 22 heavy (non-hydrogen) atoms. The summed E-state index contributed by atoms with van der Waals surface area (Å²) in [6.45, 7) is 1.97. The van der Waals surface area contributed by atoms with Gasteiger partial charge in [-0.1, -0.05) is 30.3 Å². The molecule has 1 fully saturated rings. The molecule has 2 aromatic carbocycles. The van der Waals surface area contributed by atoms with Gasteiger partial charge in [-0.25, -0.2) is 4.90 Å². The van der Waals surface area contributed by atoms with Crippen LogP contribution in [-0.2, 0) is 9.59 Å². The minimum atomic E-state index is -0.527. The Bertz CT molecular complexity index is 745. The molecule has 1 heterocycles. The first-order valence-corrected chi connectivity index (χ1v) is 7.80. The normalized spacial score (nSPS) is 17.9. The summed E-state index contributed by atoms with van der Waals surface area (Å²) in [6, 6.07) is 14.4. The first-order valence-electron chi connectivity index (χ1n) is 7.01. The number of nitrogens with zero attached hydrogens (tertiary/aromatic N) is 1. The third-order valence-corrected chi connectivity index (χ3v) is 4.39. The summed E-state index contributed by atoms with van der Waals surface area (Å²) in [7, 11) is 0. The number of carbonyl (C=O) groups is 2. The van der Waals surface area contributed by atoms with Gasteiger partial charge in [-0.05, 0) is 46.6 Å². The van der Waals surface area contributed by atoms with Gasteiger partial charge in [0.2, 0.25) is 5.91 Å². The standard InChI is InChI=1S/C17H15BrN2O2/c1-11-6-2-4-8-13(11)19-14-10-16(21)20(17(14)22)15-9-5-3-7-12(15)18/h2-9,14,19H,10H2,1H3. The average Bonchev–Trinajstić information content (AvgIpc) is 2.77. The number of hydrogen-bond acceptors (Lipinski definition) is 3. The van der Waals surface area contributed by atoms with E-state index in [2.05, 4.69) is 21.2 Å². The highest BCUT2D eigenvalue weighted by atomic mass is 79.9. The number of imide groups is 1. The Labute approximate surface area is 137 Å². The van der Waals surface area contributed by atoms with Gasteiger partial charge >= 0.3 is 0 Å². The molecule has 1 unspecified atom stereocenters. The highest BCUT2D eigenvalue weighted by Crippen LogP contribution is 2.31. The van der Waals surface area contributed by atoms with E-state index in [0.29, 0.717) is 5.69 Å². The smallest absolute Gasteiger partial charge is 0.256 e. The first-order chi connectivity index (χ1) is 10.6. The van der Waals surface area contributed by atoms with E-state index in [-0.39, 0.29) is 18.2 Å². The van der Waals surface area contributed by atoms with Crippen molar-refractivity contribution in [2.45, 2.75) is 19.4 Å². The summed E-state index contributed by atoms with van der Waals surface area (Å²) in [4.78, 5) is 26.1. The van der Waals surface area contributed by atoms with Crippen LogP contribution < -0.4 is 10.2 Å². The topological polar surface area (TPSA) is 49.4 Å². The second-order valence-corrected chi connectivity index (χ2v) is 6.09. The largest absolute Gasteiger partial charge is 0.373 e. The second-order valence-electron chi connectivity index (χ2n) is 5.23. The summed E-state index contributed by atoms with van der Waals surface area (Å²) >= 11 is 3.39. The van der Waals surface area contributed by atoms with Gasteiger partial charge in [0.1, 0.15) is 6.04 Å². The fourth-order valence-electron chi connectivity index (χ4n) is 2.55. The molecule has 1 saturated heterocycles. The Morgan fingerprint density at radius 1 is 1.09 bits per heavy atom. The maximum absolute atomic E-state index is 12.6. The predicted molar refractivity (Wildman–Crippen MR) is 89.8 cm³/mol. The fourth-order valence-corrected chi connectivity index (χ4v) is 3.02. The van der Waals surface area contributed by atoms with Crippen LogP contribution in [0, 0.1) is 6.92 Å². The third kappa shape index (κ3) is 2.64. The van der Waals surface area contributed by atoms with Gasteiger partial charge in [0.25, 0.3) is 5.91 Å². The van der Waals surface area contributed by atoms with Crippen LogP contribution in [0.15, 0.2) is 53.0 Å². The SMILES string of the molecule is Cc1ccccc1NC1CC(=O)N(c2ccccc2Br)C1=O. The summed E-state index contributed by atoms with van der Waals surface area (Å²) in [5.74, 6) is -0.414. The molecule has 2 aromatic rings. The average molecular weight is 359 g/mol. The molecule has 0 aromatic heterocycles. The monoisotopic (exact) mass is 358 g/mol. The van der Waals surface area contributed by atoms with Gasteiger partial charge < -0.3 is 5.32 Å². The Morgan fingerprint density at radius 2 is 1.77 bits per heavy atom. The lowest BCUT2D eigenvalue weighted by atomic mass is 10.1. The van der Waals surface area contributed by atoms with Gasteiger partial charge in [-0.2, -0.15) is 0 Å². The van der Waals surface area contributed by atoms with Gasteiger partial charge in [-0.15, -0.1) is 0 Å².